The lowest BCUT2D eigenvalue weighted by Crippen LogP contribution is -2.67. The SMILES string of the molecule is CC1=C(C(=O)Oc2ccccc2Cc2ccc(Cl)cc2Cl)OC2O[C@@]3(C)CC[C@H]4[C@H](C)CC[C@@H]1[C@@]24OO3. The van der Waals surface area contributed by atoms with Crippen molar-refractivity contribution in [2.75, 3.05) is 0 Å². The van der Waals surface area contributed by atoms with E-state index in [4.69, 9.17) is 47.2 Å². The molecule has 2 aromatic carbocycles. The molecule has 6 nitrogen and oxygen atoms in total. The van der Waals surface area contributed by atoms with E-state index in [9.17, 15) is 4.79 Å². The van der Waals surface area contributed by atoms with Gasteiger partial charge < -0.3 is 14.2 Å². The number of carbonyl (C=O) groups excluding carboxylic acids is 1. The maximum Gasteiger partial charge on any atom is 0.379 e. The molecule has 1 spiro atoms. The number of hydrogen-bond acceptors (Lipinski definition) is 6. The maximum atomic E-state index is 13.6. The lowest BCUT2D eigenvalue weighted by Gasteiger charge is -2.56. The average molecular weight is 545 g/mol. The Bertz CT molecular complexity index is 1280. The largest absolute Gasteiger partial charge is 0.454 e. The number of halogens is 2. The molecular weight excluding hydrogens is 515 g/mol. The highest BCUT2D eigenvalue weighted by Gasteiger charge is 2.68. The van der Waals surface area contributed by atoms with E-state index >= 15 is 0 Å². The van der Waals surface area contributed by atoms with Crippen molar-refractivity contribution in [2.24, 2.45) is 17.8 Å². The van der Waals surface area contributed by atoms with E-state index in [0.29, 0.717) is 34.6 Å². The van der Waals surface area contributed by atoms with Crippen molar-refractivity contribution in [1.82, 2.24) is 0 Å². The number of rotatable bonds is 4. The van der Waals surface area contributed by atoms with E-state index < -0.39 is 23.6 Å². The Kier molecular flexibility index (Phi) is 6.32. The Morgan fingerprint density at radius 2 is 1.89 bits per heavy atom. The van der Waals surface area contributed by atoms with Crippen LogP contribution in [-0.4, -0.2) is 23.6 Å². The highest BCUT2D eigenvalue weighted by molar-refractivity contribution is 6.35. The van der Waals surface area contributed by atoms with Crippen molar-refractivity contribution in [3.63, 3.8) is 0 Å². The van der Waals surface area contributed by atoms with Crippen molar-refractivity contribution in [3.8, 4) is 5.75 Å². The highest BCUT2D eigenvalue weighted by atomic mass is 35.5. The molecule has 2 bridgehead atoms. The molecule has 0 radical (unpaired) electrons. The maximum absolute atomic E-state index is 13.6. The number of hydrogen-bond donors (Lipinski definition) is 0. The van der Waals surface area contributed by atoms with Gasteiger partial charge in [-0.3, -0.25) is 0 Å². The fourth-order valence-electron chi connectivity index (χ4n) is 6.59. The first-order valence-corrected chi connectivity index (χ1v) is 13.6. The van der Waals surface area contributed by atoms with Crippen LogP contribution in [0.3, 0.4) is 0 Å². The summed E-state index contributed by atoms with van der Waals surface area (Å²) >= 11 is 12.5. The third-order valence-corrected chi connectivity index (χ3v) is 9.17. The Morgan fingerprint density at radius 1 is 1.08 bits per heavy atom. The van der Waals surface area contributed by atoms with Crippen molar-refractivity contribution in [2.45, 2.75) is 70.6 Å². The quantitative estimate of drug-likeness (QED) is 0.234. The fraction of sp³-hybridized carbons (Fsp3) is 0.483. The Labute approximate surface area is 226 Å². The van der Waals surface area contributed by atoms with E-state index in [0.717, 1.165) is 36.0 Å². The first-order chi connectivity index (χ1) is 17.7. The summed E-state index contributed by atoms with van der Waals surface area (Å²) in [5, 5.41) is 1.13. The molecular formula is C29H30Cl2O6. The summed E-state index contributed by atoms with van der Waals surface area (Å²) < 4.78 is 18.6. The van der Waals surface area contributed by atoms with Crippen LogP contribution >= 0.6 is 23.2 Å². The zero-order valence-corrected chi connectivity index (χ0v) is 22.6. The predicted molar refractivity (Wildman–Crippen MR) is 138 cm³/mol. The molecule has 1 saturated carbocycles. The van der Waals surface area contributed by atoms with Gasteiger partial charge in [0.25, 0.3) is 0 Å². The molecule has 3 saturated heterocycles. The van der Waals surface area contributed by atoms with Gasteiger partial charge in [0, 0.05) is 34.7 Å². The van der Waals surface area contributed by atoms with Crippen molar-refractivity contribution in [1.29, 1.82) is 0 Å². The molecule has 0 aromatic heterocycles. The van der Waals surface area contributed by atoms with Crippen LogP contribution in [0, 0.1) is 17.8 Å². The average Bonchev–Trinajstić information content (AvgIpc) is 3.10. The van der Waals surface area contributed by atoms with E-state index in [1.54, 1.807) is 18.2 Å². The molecule has 6 atom stereocenters. The summed E-state index contributed by atoms with van der Waals surface area (Å²) in [5.74, 6) is -0.253. The zero-order chi connectivity index (χ0) is 25.9. The number of esters is 1. The second-order valence-corrected chi connectivity index (χ2v) is 11.7. The smallest absolute Gasteiger partial charge is 0.379 e. The number of benzene rings is 2. The van der Waals surface area contributed by atoms with Gasteiger partial charge in [0.1, 0.15) is 5.75 Å². The Hall–Kier alpha value is -2.09. The van der Waals surface area contributed by atoms with Crippen LogP contribution in [0.4, 0.5) is 0 Å². The highest BCUT2D eigenvalue weighted by Crippen LogP contribution is 2.60. The predicted octanol–water partition coefficient (Wildman–Crippen LogP) is 7.01. The molecule has 4 fully saturated rings. The molecule has 7 rings (SSSR count). The molecule has 37 heavy (non-hydrogen) atoms. The standard InChI is InChI=1S/C29H30Cl2O6/c1-16-8-11-22-17(2)25(34-27-29(22)21(16)12-13-28(3,35-27)36-37-29)26(32)33-24-7-5-4-6-19(24)14-18-9-10-20(30)15-23(18)31/h4-7,9-10,15-16,21-22,27H,8,11-14H2,1-3H3/t16-,21+,22+,27?,28-,29-/m1/s1. The second kappa shape index (κ2) is 9.28. The van der Waals surface area contributed by atoms with Crippen LogP contribution in [-0.2, 0) is 30.5 Å². The molecule has 8 heteroatoms. The van der Waals surface area contributed by atoms with Crippen molar-refractivity contribution < 1.29 is 28.8 Å². The molecule has 4 heterocycles. The minimum atomic E-state index is -0.914. The summed E-state index contributed by atoms with van der Waals surface area (Å²) in [6.45, 7) is 6.05. The Morgan fingerprint density at radius 3 is 2.70 bits per heavy atom. The molecule has 5 aliphatic rings. The van der Waals surface area contributed by atoms with Crippen LogP contribution in [0.15, 0.2) is 53.8 Å². The normalized spacial score (nSPS) is 34.4. The lowest BCUT2D eigenvalue weighted by molar-refractivity contribution is -0.556. The topological polar surface area (TPSA) is 63.2 Å². The molecule has 1 aliphatic carbocycles. The van der Waals surface area contributed by atoms with Gasteiger partial charge in [-0.05, 0) is 73.9 Å². The zero-order valence-electron chi connectivity index (χ0n) is 21.1. The summed E-state index contributed by atoms with van der Waals surface area (Å²) in [7, 11) is 0. The van der Waals surface area contributed by atoms with Gasteiger partial charge in [0.15, 0.2) is 5.60 Å². The van der Waals surface area contributed by atoms with Gasteiger partial charge in [0.05, 0.1) is 0 Å². The van der Waals surface area contributed by atoms with E-state index in [-0.39, 0.29) is 17.6 Å². The van der Waals surface area contributed by atoms with Crippen LogP contribution in [0.5, 0.6) is 5.75 Å². The van der Waals surface area contributed by atoms with Gasteiger partial charge in [-0.15, -0.1) is 0 Å². The molecule has 2 aromatic rings. The van der Waals surface area contributed by atoms with Crippen molar-refractivity contribution >= 4 is 29.2 Å². The van der Waals surface area contributed by atoms with E-state index in [1.165, 1.54) is 0 Å². The first kappa shape index (κ1) is 25.2. The molecule has 0 N–H and O–H groups in total. The van der Waals surface area contributed by atoms with Crippen LogP contribution < -0.4 is 4.74 Å². The minimum Gasteiger partial charge on any atom is -0.454 e. The number of para-hydroxylation sites is 1. The number of ether oxygens (including phenoxy) is 3. The van der Waals surface area contributed by atoms with Gasteiger partial charge in [-0.25, -0.2) is 14.6 Å². The van der Waals surface area contributed by atoms with Gasteiger partial charge in [0.2, 0.25) is 17.8 Å². The third kappa shape index (κ3) is 4.18. The second-order valence-electron chi connectivity index (χ2n) is 10.9. The summed E-state index contributed by atoms with van der Waals surface area (Å²) in [5.41, 5.74) is 1.75. The van der Waals surface area contributed by atoms with Crippen LogP contribution in [0.2, 0.25) is 10.0 Å². The first-order valence-electron chi connectivity index (χ1n) is 12.9. The van der Waals surface area contributed by atoms with Crippen molar-refractivity contribution in [3.05, 3.63) is 75.0 Å². The third-order valence-electron chi connectivity index (χ3n) is 8.58. The molecule has 4 aliphatic heterocycles. The van der Waals surface area contributed by atoms with E-state index in [2.05, 4.69) is 6.92 Å². The van der Waals surface area contributed by atoms with Gasteiger partial charge in [-0.2, -0.15) is 0 Å². The summed E-state index contributed by atoms with van der Waals surface area (Å²) in [6, 6.07) is 12.8. The van der Waals surface area contributed by atoms with Gasteiger partial charge >= 0.3 is 5.97 Å². The van der Waals surface area contributed by atoms with Crippen LogP contribution in [0.25, 0.3) is 0 Å². The van der Waals surface area contributed by atoms with Crippen LogP contribution in [0.1, 0.15) is 57.6 Å². The molecule has 0 amide bonds. The monoisotopic (exact) mass is 544 g/mol. The summed E-state index contributed by atoms with van der Waals surface area (Å²) in [6.07, 6.45) is 3.25. The summed E-state index contributed by atoms with van der Waals surface area (Å²) in [4.78, 5) is 25.6. The fourth-order valence-corrected chi connectivity index (χ4v) is 7.06. The molecule has 1 unspecified atom stereocenters. The van der Waals surface area contributed by atoms with E-state index in [1.807, 2.05) is 38.1 Å². The number of fused-ring (bicyclic) bond motifs is 2. The molecule has 196 valence electrons. The minimum absolute atomic E-state index is 0.0687. The lowest BCUT2D eigenvalue weighted by atomic mass is 9.59. The van der Waals surface area contributed by atoms with Gasteiger partial charge in [-0.1, -0.05) is 54.4 Å². The Balaban J connectivity index is 1.31. The number of carbonyl (C=O) groups is 1.